The molecule has 0 bridgehead atoms. The number of fused-ring (bicyclic) bond motifs is 1. The van der Waals surface area contributed by atoms with E-state index < -0.39 is 6.29 Å². The number of aryl methyl sites for hydroxylation is 1. The van der Waals surface area contributed by atoms with Gasteiger partial charge in [-0.05, 0) is 44.0 Å². The smallest absolute Gasteiger partial charge is 0.395 e. The molecule has 31 heavy (non-hydrogen) atoms. The summed E-state index contributed by atoms with van der Waals surface area (Å²) in [6.45, 7) is 1.94. The van der Waals surface area contributed by atoms with Crippen molar-refractivity contribution in [3.05, 3.63) is 48.3 Å². The van der Waals surface area contributed by atoms with Crippen LogP contribution in [0, 0.1) is 6.92 Å². The van der Waals surface area contributed by atoms with E-state index in [2.05, 4.69) is 30.2 Å². The van der Waals surface area contributed by atoms with Crippen LogP contribution >= 0.6 is 0 Å². The number of anilines is 2. The molecule has 1 fully saturated rings. The van der Waals surface area contributed by atoms with E-state index >= 15 is 0 Å². The second-order valence-corrected chi connectivity index (χ2v) is 7.55. The number of amides is 1. The molecule has 1 saturated carbocycles. The van der Waals surface area contributed by atoms with E-state index in [-0.39, 0.29) is 30.0 Å². The second kappa shape index (κ2) is 7.22. The minimum Gasteiger partial charge on any atom is -0.395 e. The summed E-state index contributed by atoms with van der Waals surface area (Å²) in [5, 5.41) is 10.5. The highest BCUT2D eigenvalue weighted by Crippen LogP contribution is 2.42. The van der Waals surface area contributed by atoms with E-state index in [9.17, 15) is 13.6 Å². The summed E-state index contributed by atoms with van der Waals surface area (Å²) >= 11 is 0. The molecule has 3 heterocycles. The van der Waals surface area contributed by atoms with Crippen molar-refractivity contribution in [3.63, 3.8) is 0 Å². The minimum absolute atomic E-state index is 0.0363. The maximum atomic E-state index is 13.3. The average molecular weight is 427 g/mol. The summed E-state index contributed by atoms with van der Waals surface area (Å²) in [5.41, 5.74) is 2.91. The monoisotopic (exact) mass is 427 g/mol. The first-order chi connectivity index (χ1) is 14.8. The molecule has 1 aliphatic heterocycles. The van der Waals surface area contributed by atoms with Crippen LogP contribution < -0.4 is 20.1 Å². The number of nitrogens with zero attached hydrogens (tertiary/aromatic N) is 3. The summed E-state index contributed by atoms with van der Waals surface area (Å²) in [6, 6.07) is 10.2. The molecule has 0 radical (unpaired) electrons. The number of ether oxygens (including phenoxy) is 2. The molecule has 0 saturated heterocycles. The zero-order valence-corrected chi connectivity index (χ0v) is 16.6. The number of rotatable bonds is 6. The molecule has 8 nitrogen and oxygen atoms in total. The molecular formula is C21H19F2N5O3. The molecule has 2 aliphatic rings. The Kier molecular flexibility index (Phi) is 4.49. The fourth-order valence-corrected chi connectivity index (χ4v) is 3.35. The maximum Gasteiger partial charge on any atom is 0.586 e. The van der Waals surface area contributed by atoms with Crippen LogP contribution in [0.3, 0.4) is 0 Å². The van der Waals surface area contributed by atoms with Crippen LogP contribution in [-0.2, 0) is 11.3 Å². The number of alkyl halides is 2. The lowest BCUT2D eigenvalue weighted by Gasteiger charge is -2.08. The van der Waals surface area contributed by atoms with Crippen LogP contribution in [0.25, 0.3) is 11.3 Å². The van der Waals surface area contributed by atoms with Crippen LogP contribution in [0.5, 0.6) is 11.5 Å². The Balaban J connectivity index is 1.42. The fourth-order valence-electron chi connectivity index (χ4n) is 3.35. The molecule has 2 aromatic heterocycles. The lowest BCUT2D eigenvalue weighted by molar-refractivity contribution is -0.286. The number of halogens is 2. The molecule has 1 aliphatic carbocycles. The first-order valence-electron chi connectivity index (χ1n) is 9.82. The Morgan fingerprint density at radius 2 is 2.00 bits per heavy atom. The van der Waals surface area contributed by atoms with Crippen molar-refractivity contribution in [2.24, 2.45) is 0 Å². The Hall–Kier alpha value is -3.69. The zero-order chi connectivity index (χ0) is 21.6. The molecular weight excluding hydrogens is 408 g/mol. The molecule has 1 amide bonds. The quantitative estimate of drug-likeness (QED) is 0.625. The molecule has 0 unspecified atom stereocenters. The van der Waals surface area contributed by atoms with Crippen molar-refractivity contribution in [3.8, 4) is 22.8 Å². The number of carbonyl (C=O) groups is 1. The molecule has 1 aromatic carbocycles. The van der Waals surface area contributed by atoms with Gasteiger partial charge in [0.1, 0.15) is 6.54 Å². The maximum absolute atomic E-state index is 13.3. The summed E-state index contributed by atoms with van der Waals surface area (Å²) in [6.07, 6.45) is 0.00958. The minimum atomic E-state index is -3.68. The second-order valence-electron chi connectivity index (χ2n) is 7.55. The van der Waals surface area contributed by atoms with Crippen LogP contribution in [0.2, 0.25) is 0 Å². The third-order valence-corrected chi connectivity index (χ3v) is 4.88. The van der Waals surface area contributed by atoms with Gasteiger partial charge in [-0.1, -0.05) is 0 Å². The Morgan fingerprint density at radius 1 is 1.19 bits per heavy atom. The fraction of sp³-hybridized carbons (Fsp3) is 0.286. The van der Waals surface area contributed by atoms with E-state index in [4.69, 9.17) is 0 Å². The van der Waals surface area contributed by atoms with Crippen LogP contribution in [0.15, 0.2) is 42.6 Å². The first-order valence-corrected chi connectivity index (χ1v) is 9.82. The van der Waals surface area contributed by atoms with Crippen molar-refractivity contribution < 1.29 is 23.0 Å². The number of hydrogen-bond donors (Lipinski definition) is 2. The third kappa shape index (κ3) is 4.27. The normalized spacial score (nSPS) is 16.2. The van der Waals surface area contributed by atoms with Gasteiger partial charge >= 0.3 is 6.29 Å². The molecule has 0 atom stereocenters. The summed E-state index contributed by atoms with van der Waals surface area (Å²) in [4.78, 5) is 16.6. The molecule has 0 spiro atoms. The van der Waals surface area contributed by atoms with Crippen LogP contribution in [0.4, 0.5) is 20.3 Å². The lowest BCUT2D eigenvalue weighted by Crippen LogP contribution is -2.29. The molecule has 3 aromatic rings. The average Bonchev–Trinajstić information content (AvgIpc) is 3.33. The van der Waals surface area contributed by atoms with Crippen molar-refractivity contribution in [2.75, 3.05) is 5.32 Å². The van der Waals surface area contributed by atoms with Crippen molar-refractivity contribution in [1.82, 2.24) is 20.1 Å². The molecule has 5 rings (SSSR count). The molecule has 10 heteroatoms. The van der Waals surface area contributed by atoms with E-state index in [1.807, 2.05) is 19.1 Å². The SMILES string of the molecule is Cc1cc(-c2cc(Nc3ccc4c(c3)OC(F)(F)O4)nn2CC(=O)NC2CC2)ccn1. The van der Waals surface area contributed by atoms with Gasteiger partial charge in [-0.2, -0.15) is 5.10 Å². The van der Waals surface area contributed by atoms with E-state index in [0.717, 1.165) is 29.8 Å². The van der Waals surface area contributed by atoms with E-state index in [0.29, 0.717) is 11.5 Å². The Labute approximate surface area is 176 Å². The number of pyridine rings is 1. The highest BCUT2D eigenvalue weighted by molar-refractivity contribution is 5.78. The van der Waals surface area contributed by atoms with Crippen LogP contribution in [0.1, 0.15) is 18.5 Å². The summed E-state index contributed by atoms with van der Waals surface area (Å²) in [5.74, 6) is 0.234. The topological polar surface area (TPSA) is 90.3 Å². The van der Waals surface area contributed by atoms with Gasteiger partial charge in [-0.25, -0.2) is 0 Å². The van der Waals surface area contributed by atoms with Gasteiger partial charge in [0.05, 0.1) is 5.69 Å². The van der Waals surface area contributed by atoms with Crippen molar-refractivity contribution in [2.45, 2.75) is 38.6 Å². The van der Waals surface area contributed by atoms with Crippen molar-refractivity contribution >= 4 is 17.4 Å². The number of hydrogen-bond acceptors (Lipinski definition) is 6. The Morgan fingerprint density at radius 3 is 2.77 bits per heavy atom. The van der Waals surface area contributed by atoms with Gasteiger partial charge in [-0.3, -0.25) is 14.5 Å². The predicted octanol–water partition coefficient (Wildman–Crippen LogP) is 3.60. The lowest BCUT2D eigenvalue weighted by atomic mass is 10.1. The van der Waals surface area contributed by atoms with E-state index in [1.54, 1.807) is 23.0 Å². The van der Waals surface area contributed by atoms with E-state index in [1.165, 1.54) is 12.1 Å². The standard InChI is InChI=1S/C21H19F2N5O3/c1-12-8-13(6-7-24-12)16-10-19(27-28(16)11-20(29)26-14-2-3-14)25-15-4-5-17-18(9-15)31-21(22,23)30-17/h4-10,14H,2-3,11H2,1H3,(H,25,27)(H,26,29). The predicted molar refractivity (Wildman–Crippen MR) is 107 cm³/mol. The van der Waals surface area contributed by atoms with Crippen LogP contribution in [-0.4, -0.2) is 33.0 Å². The summed E-state index contributed by atoms with van der Waals surface area (Å²) < 4.78 is 37.1. The third-order valence-electron chi connectivity index (χ3n) is 4.88. The number of carbonyl (C=O) groups excluding carboxylic acids is 1. The van der Waals surface area contributed by atoms with Gasteiger partial charge in [0.25, 0.3) is 0 Å². The zero-order valence-electron chi connectivity index (χ0n) is 16.6. The van der Waals surface area contributed by atoms with Gasteiger partial charge < -0.3 is 20.1 Å². The molecule has 160 valence electrons. The highest BCUT2D eigenvalue weighted by atomic mass is 19.3. The number of benzene rings is 1. The largest absolute Gasteiger partial charge is 0.586 e. The Bertz CT molecular complexity index is 1160. The number of nitrogens with one attached hydrogen (secondary N) is 2. The van der Waals surface area contributed by atoms with Gasteiger partial charge in [0.15, 0.2) is 17.3 Å². The molecule has 2 N–H and O–H groups in total. The van der Waals surface area contributed by atoms with Crippen molar-refractivity contribution in [1.29, 1.82) is 0 Å². The first kappa shape index (κ1) is 19.3. The highest BCUT2D eigenvalue weighted by Gasteiger charge is 2.43. The van der Waals surface area contributed by atoms with Gasteiger partial charge in [0.2, 0.25) is 5.91 Å². The number of aromatic nitrogens is 3. The summed E-state index contributed by atoms with van der Waals surface area (Å²) in [7, 11) is 0. The van der Waals surface area contributed by atoms with Gasteiger partial charge in [-0.15, -0.1) is 8.78 Å². The van der Waals surface area contributed by atoms with Gasteiger partial charge in [0, 0.05) is 41.3 Å².